The van der Waals surface area contributed by atoms with Crippen molar-refractivity contribution in [1.82, 2.24) is 0 Å². The average Bonchev–Trinajstić information content (AvgIpc) is 2.30. The molecule has 0 radical (unpaired) electrons. The van der Waals surface area contributed by atoms with E-state index in [2.05, 4.69) is 11.3 Å². The summed E-state index contributed by atoms with van der Waals surface area (Å²) in [5.41, 5.74) is 0.225. The zero-order valence-electron chi connectivity index (χ0n) is 10.8. The number of hydrogen-bond donors (Lipinski definition) is 0. The topological polar surface area (TPSA) is 71.1 Å². The molecule has 1 aliphatic rings. The number of esters is 2. The summed E-state index contributed by atoms with van der Waals surface area (Å²) in [6, 6.07) is 0. The molecule has 6 heteroatoms. The summed E-state index contributed by atoms with van der Waals surface area (Å²) in [6.45, 7) is 8.30. The lowest BCUT2D eigenvalue weighted by Crippen LogP contribution is -2.42. The highest BCUT2D eigenvalue weighted by atomic mass is 16.7. The van der Waals surface area contributed by atoms with Crippen molar-refractivity contribution in [2.24, 2.45) is 0 Å². The van der Waals surface area contributed by atoms with Gasteiger partial charge >= 0.3 is 11.9 Å². The van der Waals surface area contributed by atoms with E-state index in [0.717, 1.165) is 0 Å². The minimum atomic E-state index is -0.757. The maximum Gasteiger partial charge on any atom is 0.346 e. The van der Waals surface area contributed by atoms with Crippen LogP contribution in [0.1, 0.15) is 20.8 Å². The molecule has 1 saturated heterocycles. The van der Waals surface area contributed by atoms with Gasteiger partial charge in [-0.3, -0.25) is 0 Å². The van der Waals surface area contributed by atoms with Crippen molar-refractivity contribution in [1.29, 1.82) is 0 Å². The summed E-state index contributed by atoms with van der Waals surface area (Å²) >= 11 is 0. The molecule has 0 saturated carbocycles. The van der Waals surface area contributed by atoms with Crippen molar-refractivity contribution in [2.75, 3.05) is 13.2 Å². The van der Waals surface area contributed by atoms with Gasteiger partial charge in [0.15, 0.2) is 6.61 Å². The Morgan fingerprint density at radius 1 is 1.33 bits per heavy atom. The third-order valence-corrected chi connectivity index (χ3v) is 2.46. The maximum absolute atomic E-state index is 11.4. The Morgan fingerprint density at radius 2 is 2.00 bits per heavy atom. The highest BCUT2D eigenvalue weighted by Crippen LogP contribution is 2.15. The van der Waals surface area contributed by atoms with Gasteiger partial charge in [-0.25, -0.2) is 9.59 Å². The Kier molecular flexibility index (Phi) is 5.30. The maximum atomic E-state index is 11.4. The van der Waals surface area contributed by atoms with E-state index in [0.29, 0.717) is 0 Å². The second-order valence-corrected chi connectivity index (χ2v) is 4.16. The van der Waals surface area contributed by atoms with Crippen LogP contribution in [-0.2, 0) is 28.5 Å². The first-order valence-corrected chi connectivity index (χ1v) is 5.69. The lowest BCUT2D eigenvalue weighted by Gasteiger charge is -2.32. The number of ether oxygens (including phenoxy) is 4. The summed E-state index contributed by atoms with van der Waals surface area (Å²) in [4.78, 5) is 22.4. The minimum absolute atomic E-state index is 0.0406. The van der Waals surface area contributed by atoms with Crippen LogP contribution in [0.5, 0.6) is 0 Å². The van der Waals surface area contributed by atoms with Crippen LogP contribution in [0.15, 0.2) is 12.2 Å². The molecule has 1 heterocycles. The number of carbonyl (C=O) groups excluding carboxylic acids is 2. The Morgan fingerprint density at radius 3 is 2.56 bits per heavy atom. The van der Waals surface area contributed by atoms with E-state index in [4.69, 9.17) is 14.2 Å². The Labute approximate surface area is 106 Å². The first kappa shape index (κ1) is 14.7. The van der Waals surface area contributed by atoms with Crippen molar-refractivity contribution in [3.8, 4) is 0 Å². The molecule has 0 aromatic carbocycles. The van der Waals surface area contributed by atoms with Crippen molar-refractivity contribution < 1.29 is 28.5 Å². The smallest absolute Gasteiger partial charge is 0.346 e. The van der Waals surface area contributed by atoms with Gasteiger partial charge in [-0.1, -0.05) is 6.58 Å². The van der Waals surface area contributed by atoms with E-state index in [1.165, 1.54) is 6.92 Å². The lowest BCUT2D eigenvalue weighted by molar-refractivity contribution is -0.254. The standard InChI is InChI=1S/C12H18O6/c1-7(2)12(14)16-5-10(13)18-11-6-15-8(3)9(4)17-11/h8-9,11H,1,5-6H2,2-4H3/t8-,9+,11+/m0/s1. The molecule has 0 aromatic rings. The Hall–Kier alpha value is -1.40. The zero-order chi connectivity index (χ0) is 13.7. The van der Waals surface area contributed by atoms with Crippen molar-refractivity contribution >= 4 is 11.9 Å². The molecule has 0 N–H and O–H groups in total. The molecule has 0 spiro atoms. The quantitative estimate of drug-likeness (QED) is 0.548. The van der Waals surface area contributed by atoms with Gasteiger partial charge in [0.25, 0.3) is 0 Å². The van der Waals surface area contributed by atoms with Crippen molar-refractivity contribution in [3.05, 3.63) is 12.2 Å². The van der Waals surface area contributed by atoms with E-state index in [1.807, 2.05) is 13.8 Å². The zero-order valence-corrected chi connectivity index (χ0v) is 10.8. The molecule has 18 heavy (non-hydrogen) atoms. The molecule has 1 rings (SSSR count). The molecular formula is C12H18O6. The minimum Gasteiger partial charge on any atom is -0.450 e. The van der Waals surface area contributed by atoms with Gasteiger partial charge in [0.1, 0.15) is 6.61 Å². The molecule has 3 atom stereocenters. The molecule has 0 aliphatic carbocycles. The largest absolute Gasteiger partial charge is 0.450 e. The predicted octanol–water partition coefficient (Wildman–Crippen LogP) is 0.799. The van der Waals surface area contributed by atoms with E-state index in [-0.39, 0.29) is 24.4 Å². The van der Waals surface area contributed by atoms with Crippen LogP contribution in [-0.4, -0.2) is 43.7 Å². The van der Waals surface area contributed by atoms with E-state index in [1.54, 1.807) is 0 Å². The molecule has 6 nitrogen and oxygen atoms in total. The molecule has 0 amide bonds. The van der Waals surface area contributed by atoms with E-state index in [9.17, 15) is 9.59 Å². The van der Waals surface area contributed by atoms with Crippen LogP contribution < -0.4 is 0 Å². The molecule has 102 valence electrons. The highest BCUT2D eigenvalue weighted by Gasteiger charge is 2.28. The normalized spacial score (nSPS) is 27.4. The first-order chi connectivity index (χ1) is 8.40. The second kappa shape index (κ2) is 6.51. The van der Waals surface area contributed by atoms with Gasteiger partial charge in [-0.15, -0.1) is 0 Å². The van der Waals surface area contributed by atoms with Crippen LogP contribution in [0.3, 0.4) is 0 Å². The van der Waals surface area contributed by atoms with Crippen molar-refractivity contribution in [3.63, 3.8) is 0 Å². The fraction of sp³-hybridized carbons (Fsp3) is 0.667. The molecule has 1 aliphatic heterocycles. The molecule has 0 unspecified atom stereocenters. The third-order valence-electron chi connectivity index (χ3n) is 2.46. The summed E-state index contributed by atoms with van der Waals surface area (Å²) in [6.07, 6.45) is -0.956. The molecule has 0 aromatic heterocycles. The van der Waals surface area contributed by atoms with Gasteiger partial charge < -0.3 is 18.9 Å². The van der Waals surface area contributed by atoms with Crippen LogP contribution in [0.25, 0.3) is 0 Å². The highest BCUT2D eigenvalue weighted by molar-refractivity contribution is 5.88. The number of hydrogen-bond acceptors (Lipinski definition) is 6. The average molecular weight is 258 g/mol. The predicted molar refractivity (Wildman–Crippen MR) is 61.6 cm³/mol. The monoisotopic (exact) mass is 258 g/mol. The molecular weight excluding hydrogens is 240 g/mol. The SMILES string of the molecule is C=C(C)C(=O)OCC(=O)O[C@@H]1CO[C@@H](C)[C@@H](C)O1. The van der Waals surface area contributed by atoms with Gasteiger partial charge in [0.2, 0.25) is 6.29 Å². The number of rotatable bonds is 4. The second-order valence-electron chi connectivity index (χ2n) is 4.16. The van der Waals surface area contributed by atoms with Gasteiger partial charge in [0.05, 0.1) is 12.2 Å². The van der Waals surface area contributed by atoms with Crippen LogP contribution >= 0.6 is 0 Å². The van der Waals surface area contributed by atoms with Gasteiger partial charge in [0, 0.05) is 5.57 Å². The Balaban J connectivity index is 2.28. The first-order valence-electron chi connectivity index (χ1n) is 5.69. The summed E-state index contributed by atoms with van der Waals surface area (Å²) < 4.78 is 20.3. The van der Waals surface area contributed by atoms with Gasteiger partial charge in [-0.05, 0) is 20.8 Å². The van der Waals surface area contributed by atoms with Crippen LogP contribution in [0, 0.1) is 0 Å². The van der Waals surface area contributed by atoms with Crippen molar-refractivity contribution in [2.45, 2.75) is 39.3 Å². The third kappa shape index (κ3) is 4.46. The fourth-order valence-electron chi connectivity index (χ4n) is 1.25. The van der Waals surface area contributed by atoms with Crippen LogP contribution in [0.2, 0.25) is 0 Å². The Bertz CT molecular complexity index is 337. The lowest BCUT2D eigenvalue weighted by atomic mass is 10.2. The summed E-state index contributed by atoms with van der Waals surface area (Å²) in [5, 5.41) is 0. The van der Waals surface area contributed by atoms with E-state index < -0.39 is 24.8 Å². The number of carbonyl (C=O) groups is 2. The fourth-order valence-corrected chi connectivity index (χ4v) is 1.25. The summed E-state index contributed by atoms with van der Waals surface area (Å²) in [7, 11) is 0. The molecule has 1 fully saturated rings. The summed E-state index contributed by atoms with van der Waals surface area (Å²) in [5.74, 6) is -1.31. The molecule has 0 bridgehead atoms. The van der Waals surface area contributed by atoms with Crippen LogP contribution in [0.4, 0.5) is 0 Å². The van der Waals surface area contributed by atoms with E-state index >= 15 is 0 Å². The van der Waals surface area contributed by atoms with Gasteiger partial charge in [-0.2, -0.15) is 0 Å².